The number of aromatic nitrogens is 2. The van der Waals surface area contributed by atoms with Crippen LogP contribution in [0.2, 0.25) is 0 Å². The number of carboxylic acids is 1. The van der Waals surface area contributed by atoms with Crippen molar-refractivity contribution < 1.29 is 14.7 Å². The topological polar surface area (TPSA) is 75.4 Å². The van der Waals surface area contributed by atoms with E-state index < -0.39 is 12.0 Å². The molecule has 1 aliphatic carbocycles. The molecule has 1 N–H and O–H groups in total. The molecule has 0 unspecified atom stereocenters. The van der Waals surface area contributed by atoms with Gasteiger partial charge in [-0.3, -0.25) is 9.48 Å². The van der Waals surface area contributed by atoms with E-state index in [4.69, 9.17) is 0 Å². The van der Waals surface area contributed by atoms with Gasteiger partial charge < -0.3 is 10.0 Å². The second-order valence-corrected chi connectivity index (χ2v) is 5.71. The summed E-state index contributed by atoms with van der Waals surface area (Å²) in [5, 5.41) is 13.4. The molecule has 3 rings (SSSR count). The van der Waals surface area contributed by atoms with Gasteiger partial charge in [-0.05, 0) is 31.2 Å². The summed E-state index contributed by atoms with van der Waals surface area (Å²) in [6, 6.07) is 1.20. The van der Waals surface area contributed by atoms with Crippen LogP contribution in [0, 0.1) is 5.92 Å². The Morgan fingerprint density at radius 1 is 1.30 bits per heavy atom. The summed E-state index contributed by atoms with van der Waals surface area (Å²) in [7, 11) is 0. The number of rotatable bonds is 3. The van der Waals surface area contributed by atoms with Crippen molar-refractivity contribution in [3.8, 4) is 0 Å². The molecule has 6 nitrogen and oxygen atoms in total. The average Bonchev–Trinajstić information content (AvgIpc) is 3.04. The third-order valence-corrected chi connectivity index (χ3v) is 4.52. The molecular weight excluding hydrogens is 258 g/mol. The molecule has 1 saturated carbocycles. The molecule has 2 fully saturated rings. The van der Waals surface area contributed by atoms with Crippen LogP contribution in [-0.4, -0.2) is 43.7 Å². The van der Waals surface area contributed by atoms with Crippen LogP contribution in [0.15, 0.2) is 18.5 Å². The van der Waals surface area contributed by atoms with Crippen LogP contribution in [0.4, 0.5) is 0 Å². The SMILES string of the molecule is O=C(O)[C@@H]1C[C@H]2CCCC[C@H]2N1C(=O)Cn1cccn1. The van der Waals surface area contributed by atoms with Crippen molar-refractivity contribution in [2.75, 3.05) is 0 Å². The van der Waals surface area contributed by atoms with Crippen molar-refractivity contribution in [1.82, 2.24) is 14.7 Å². The third-order valence-electron chi connectivity index (χ3n) is 4.52. The summed E-state index contributed by atoms with van der Waals surface area (Å²) in [6.07, 6.45) is 8.15. The lowest BCUT2D eigenvalue weighted by Crippen LogP contribution is -2.47. The fourth-order valence-electron chi connectivity index (χ4n) is 3.65. The first kappa shape index (κ1) is 13.1. The molecule has 0 aromatic carbocycles. The van der Waals surface area contributed by atoms with Crippen LogP contribution >= 0.6 is 0 Å². The van der Waals surface area contributed by atoms with E-state index in [-0.39, 0.29) is 18.5 Å². The minimum Gasteiger partial charge on any atom is -0.480 e. The van der Waals surface area contributed by atoms with Gasteiger partial charge in [0.25, 0.3) is 0 Å². The lowest BCUT2D eigenvalue weighted by atomic mass is 9.85. The minimum absolute atomic E-state index is 0.105. The number of fused-ring (bicyclic) bond motifs is 1. The van der Waals surface area contributed by atoms with E-state index in [1.54, 1.807) is 28.0 Å². The zero-order valence-corrected chi connectivity index (χ0v) is 11.3. The summed E-state index contributed by atoms with van der Waals surface area (Å²) < 4.78 is 1.55. The summed E-state index contributed by atoms with van der Waals surface area (Å²) in [5.74, 6) is -0.657. The van der Waals surface area contributed by atoms with Crippen molar-refractivity contribution >= 4 is 11.9 Å². The molecule has 0 spiro atoms. The number of carboxylic acid groups (broad SMARTS) is 1. The standard InChI is InChI=1S/C14H19N3O3/c18-13(9-16-7-3-6-15-16)17-11-5-2-1-4-10(11)8-12(17)14(19)20/h3,6-7,10-12H,1-2,4-5,8-9H2,(H,19,20)/t10-,11-,12+/m1/s1. The van der Waals surface area contributed by atoms with E-state index in [0.717, 1.165) is 25.7 Å². The summed E-state index contributed by atoms with van der Waals surface area (Å²) in [6.45, 7) is 0.125. The number of carbonyl (C=O) groups excluding carboxylic acids is 1. The van der Waals surface area contributed by atoms with E-state index in [9.17, 15) is 14.7 Å². The number of carbonyl (C=O) groups is 2. The Morgan fingerprint density at radius 2 is 2.10 bits per heavy atom. The Morgan fingerprint density at radius 3 is 2.80 bits per heavy atom. The van der Waals surface area contributed by atoms with E-state index in [2.05, 4.69) is 5.10 Å². The van der Waals surface area contributed by atoms with Crippen molar-refractivity contribution in [2.45, 2.75) is 50.7 Å². The van der Waals surface area contributed by atoms with Crippen molar-refractivity contribution in [2.24, 2.45) is 5.92 Å². The quantitative estimate of drug-likeness (QED) is 0.898. The van der Waals surface area contributed by atoms with Crippen molar-refractivity contribution in [3.05, 3.63) is 18.5 Å². The predicted octanol–water partition coefficient (Wildman–Crippen LogP) is 1.13. The average molecular weight is 277 g/mol. The highest BCUT2D eigenvalue weighted by molar-refractivity contribution is 5.84. The monoisotopic (exact) mass is 277 g/mol. The Labute approximate surface area is 117 Å². The molecule has 20 heavy (non-hydrogen) atoms. The highest BCUT2D eigenvalue weighted by Gasteiger charge is 2.47. The largest absolute Gasteiger partial charge is 0.480 e. The van der Waals surface area contributed by atoms with Crippen LogP contribution < -0.4 is 0 Å². The summed E-state index contributed by atoms with van der Waals surface area (Å²) >= 11 is 0. The molecule has 0 radical (unpaired) electrons. The zero-order valence-electron chi connectivity index (χ0n) is 11.3. The second-order valence-electron chi connectivity index (χ2n) is 5.71. The lowest BCUT2D eigenvalue weighted by Gasteiger charge is -2.33. The second kappa shape index (κ2) is 5.26. The third kappa shape index (κ3) is 2.30. The van der Waals surface area contributed by atoms with Gasteiger partial charge in [0.1, 0.15) is 12.6 Å². The molecule has 1 saturated heterocycles. The number of aliphatic carboxylic acids is 1. The zero-order chi connectivity index (χ0) is 14.1. The van der Waals surface area contributed by atoms with Gasteiger partial charge in [-0.2, -0.15) is 5.10 Å². The van der Waals surface area contributed by atoms with Crippen LogP contribution in [0.25, 0.3) is 0 Å². The first-order valence-electron chi connectivity index (χ1n) is 7.18. The number of nitrogens with zero attached hydrogens (tertiary/aromatic N) is 3. The maximum Gasteiger partial charge on any atom is 0.326 e. The summed E-state index contributed by atoms with van der Waals surface area (Å²) in [5.41, 5.74) is 0. The molecule has 6 heteroatoms. The van der Waals surface area contributed by atoms with Crippen molar-refractivity contribution in [3.63, 3.8) is 0 Å². The van der Waals surface area contributed by atoms with Crippen LogP contribution in [-0.2, 0) is 16.1 Å². The maximum absolute atomic E-state index is 12.5. The fraction of sp³-hybridized carbons (Fsp3) is 0.643. The van der Waals surface area contributed by atoms with Gasteiger partial charge in [-0.15, -0.1) is 0 Å². The number of hydrogen-bond donors (Lipinski definition) is 1. The van der Waals surface area contributed by atoms with Gasteiger partial charge in [0.15, 0.2) is 0 Å². The van der Waals surface area contributed by atoms with Crippen LogP contribution in [0.1, 0.15) is 32.1 Å². The number of likely N-dealkylation sites (tertiary alicyclic amines) is 1. The highest BCUT2D eigenvalue weighted by atomic mass is 16.4. The molecule has 0 bridgehead atoms. The van der Waals surface area contributed by atoms with E-state index in [0.29, 0.717) is 12.3 Å². The number of hydrogen-bond acceptors (Lipinski definition) is 3. The first-order chi connectivity index (χ1) is 9.66. The molecule has 2 aliphatic rings. The van der Waals surface area contributed by atoms with Gasteiger partial charge >= 0.3 is 5.97 Å². The predicted molar refractivity (Wildman–Crippen MR) is 70.9 cm³/mol. The number of amides is 1. The molecule has 1 aromatic rings. The van der Waals surface area contributed by atoms with Crippen LogP contribution in [0.5, 0.6) is 0 Å². The lowest BCUT2D eigenvalue weighted by molar-refractivity contribution is -0.150. The Bertz CT molecular complexity index is 500. The van der Waals surface area contributed by atoms with E-state index >= 15 is 0 Å². The Kier molecular flexibility index (Phi) is 3.46. The van der Waals surface area contributed by atoms with Gasteiger partial charge in [0.2, 0.25) is 5.91 Å². The summed E-state index contributed by atoms with van der Waals surface area (Å²) in [4.78, 5) is 25.5. The highest BCUT2D eigenvalue weighted by Crippen LogP contribution is 2.39. The normalized spacial score (nSPS) is 29.2. The van der Waals surface area contributed by atoms with E-state index in [1.165, 1.54) is 0 Å². The fourth-order valence-corrected chi connectivity index (χ4v) is 3.65. The molecule has 1 aromatic heterocycles. The Hall–Kier alpha value is -1.85. The maximum atomic E-state index is 12.5. The molecule has 3 atom stereocenters. The molecule has 2 heterocycles. The van der Waals surface area contributed by atoms with E-state index in [1.807, 2.05) is 0 Å². The molecular formula is C14H19N3O3. The molecule has 108 valence electrons. The molecule has 1 aliphatic heterocycles. The van der Waals surface area contributed by atoms with Crippen molar-refractivity contribution in [1.29, 1.82) is 0 Å². The van der Waals surface area contributed by atoms with Gasteiger partial charge in [0, 0.05) is 18.4 Å². The van der Waals surface area contributed by atoms with Gasteiger partial charge in [-0.25, -0.2) is 4.79 Å². The smallest absolute Gasteiger partial charge is 0.326 e. The minimum atomic E-state index is -0.881. The van der Waals surface area contributed by atoms with Gasteiger partial charge in [-0.1, -0.05) is 12.8 Å². The molecule has 1 amide bonds. The van der Waals surface area contributed by atoms with Crippen LogP contribution in [0.3, 0.4) is 0 Å². The van der Waals surface area contributed by atoms with Gasteiger partial charge in [0.05, 0.1) is 0 Å². The first-order valence-corrected chi connectivity index (χ1v) is 7.18. The Balaban J connectivity index is 1.79.